The summed E-state index contributed by atoms with van der Waals surface area (Å²) < 4.78 is 0. The summed E-state index contributed by atoms with van der Waals surface area (Å²) in [6.45, 7) is 0.571. The highest BCUT2D eigenvalue weighted by Crippen LogP contribution is 2.62. The summed E-state index contributed by atoms with van der Waals surface area (Å²) in [4.78, 5) is 0. The quantitative estimate of drug-likeness (QED) is 0.670. The molecule has 0 radical (unpaired) electrons. The van der Waals surface area contributed by atoms with Crippen molar-refractivity contribution in [1.82, 2.24) is 0 Å². The molecule has 0 aromatic heterocycles. The summed E-state index contributed by atoms with van der Waals surface area (Å²) in [7, 11) is 0. The second kappa shape index (κ2) is 2.71. The van der Waals surface area contributed by atoms with Crippen molar-refractivity contribution >= 4 is 0 Å². The molecule has 0 amide bonds. The molecule has 70 valence electrons. The van der Waals surface area contributed by atoms with Crippen molar-refractivity contribution < 1.29 is 10.2 Å². The zero-order valence-electron chi connectivity index (χ0n) is 7.55. The first kappa shape index (κ1) is 8.52. The van der Waals surface area contributed by atoms with Gasteiger partial charge in [-0.25, -0.2) is 0 Å². The van der Waals surface area contributed by atoms with Crippen molar-refractivity contribution in [3.8, 4) is 0 Å². The van der Waals surface area contributed by atoms with Crippen molar-refractivity contribution in [3.63, 3.8) is 0 Å². The number of aliphatic hydroxyl groups is 2. The molecule has 2 rings (SSSR count). The van der Waals surface area contributed by atoms with Crippen LogP contribution in [0.5, 0.6) is 0 Å². The van der Waals surface area contributed by atoms with E-state index in [4.69, 9.17) is 0 Å². The van der Waals surface area contributed by atoms with Gasteiger partial charge < -0.3 is 10.2 Å². The van der Waals surface area contributed by atoms with Gasteiger partial charge in [-0.3, -0.25) is 0 Å². The van der Waals surface area contributed by atoms with E-state index in [-0.39, 0.29) is 24.0 Å². The van der Waals surface area contributed by atoms with Crippen LogP contribution >= 0.6 is 0 Å². The van der Waals surface area contributed by atoms with Crippen molar-refractivity contribution in [2.45, 2.75) is 38.5 Å². The maximum absolute atomic E-state index is 9.36. The molecule has 2 heteroatoms. The van der Waals surface area contributed by atoms with Crippen LogP contribution in [-0.2, 0) is 0 Å². The van der Waals surface area contributed by atoms with E-state index >= 15 is 0 Å². The number of hydrogen-bond donors (Lipinski definition) is 2. The van der Waals surface area contributed by atoms with Gasteiger partial charge in [-0.15, -0.1) is 0 Å². The Morgan fingerprint density at radius 3 is 1.17 bits per heavy atom. The maximum Gasteiger partial charge on any atom is 0.0493 e. The van der Waals surface area contributed by atoms with E-state index in [0.717, 1.165) is 25.7 Å². The first-order chi connectivity index (χ1) is 5.79. The van der Waals surface area contributed by atoms with Gasteiger partial charge in [-0.05, 0) is 25.7 Å². The molecular formula is C10H18O2. The van der Waals surface area contributed by atoms with E-state index in [1.807, 2.05) is 0 Å². The van der Waals surface area contributed by atoms with Crippen molar-refractivity contribution in [2.24, 2.45) is 10.8 Å². The Labute approximate surface area is 73.6 Å². The minimum Gasteiger partial charge on any atom is -0.396 e. The molecule has 2 saturated carbocycles. The molecule has 2 aliphatic rings. The molecule has 0 aromatic carbocycles. The topological polar surface area (TPSA) is 40.5 Å². The van der Waals surface area contributed by atoms with Gasteiger partial charge in [-0.2, -0.15) is 0 Å². The lowest BCUT2D eigenvalue weighted by atomic mass is 9.46. The third kappa shape index (κ3) is 0.826. The van der Waals surface area contributed by atoms with Crippen molar-refractivity contribution in [3.05, 3.63) is 0 Å². The molecule has 2 nitrogen and oxygen atoms in total. The molecule has 0 aliphatic heterocycles. The second-order valence-electron chi connectivity index (χ2n) is 4.58. The summed E-state index contributed by atoms with van der Waals surface area (Å²) in [5.41, 5.74) is 0.222. The first-order valence-electron chi connectivity index (χ1n) is 5.00. The predicted molar refractivity (Wildman–Crippen MR) is 46.7 cm³/mol. The summed E-state index contributed by atoms with van der Waals surface area (Å²) in [5, 5.41) is 18.7. The van der Waals surface area contributed by atoms with E-state index in [9.17, 15) is 10.2 Å². The molecule has 0 atom stereocenters. The van der Waals surface area contributed by atoms with Gasteiger partial charge in [0, 0.05) is 24.0 Å². The van der Waals surface area contributed by atoms with Crippen molar-refractivity contribution in [1.29, 1.82) is 0 Å². The zero-order valence-corrected chi connectivity index (χ0v) is 7.55. The van der Waals surface area contributed by atoms with Crippen LogP contribution in [0.3, 0.4) is 0 Å². The van der Waals surface area contributed by atoms with Crippen LogP contribution in [0.4, 0.5) is 0 Å². The van der Waals surface area contributed by atoms with Crippen LogP contribution < -0.4 is 0 Å². The van der Waals surface area contributed by atoms with E-state index in [2.05, 4.69) is 0 Å². The van der Waals surface area contributed by atoms with E-state index in [1.54, 1.807) is 0 Å². The Kier molecular flexibility index (Phi) is 1.92. The normalized spacial score (nSPS) is 30.5. The molecule has 12 heavy (non-hydrogen) atoms. The Hall–Kier alpha value is -0.0800. The summed E-state index contributed by atoms with van der Waals surface area (Å²) in [6, 6.07) is 0. The molecular weight excluding hydrogens is 152 g/mol. The number of aliphatic hydroxyl groups excluding tert-OH is 2. The van der Waals surface area contributed by atoms with Gasteiger partial charge in [0.05, 0.1) is 0 Å². The highest BCUT2D eigenvalue weighted by atomic mass is 16.3. The third-order valence-electron chi connectivity index (χ3n) is 4.35. The number of rotatable bonds is 3. The van der Waals surface area contributed by atoms with Gasteiger partial charge in [-0.1, -0.05) is 12.8 Å². The highest BCUT2D eigenvalue weighted by molar-refractivity contribution is 5.06. The zero-order chi connectivity index (χ0) is 8.66. The van der Waals surface area contributed by atoms with Crippen LogP contribution in [0.25, 0.3) is 0 Å². The molecule has 0 heterocycles. The lowest BCUT2D eigenvalue weighted by molar-refractivity contribution is -0.150. The average Bonchev–Trinajstić information content (AvgIpc) is 1.92. The van der Waals surface area contributed by atoms with Gasteiger partial charge in [0.1, 0.15) is 0 Å². The summed E-state index contributed by atoms with van der Waals surface area (Å²) in [5.74, 6) is 0. The summed E-state index contributed by atoms with van der Waals surface area (Å²) in [6.07, 6.45) is 6.99. The minimum atomic E-state index is 0.111. The van der Waals surface area contributed by atoms with Gasteiger partial charge in [0.2, 0.25) is 0 Å². The predicted octanol–water partition coefficient (Wildman–Crippen LogP) is 1.31. The molecule has 2 aliphatic carbocycles. The van der Waals surface area contributed by atoms with E-state index < -0.39 is 0 Å². The van der Waals surface area contributed by atoms with Crippen LogP contribution in [0.15, 0.2) is 0 Å². The van der Waals surface area contributed by atoms with Gasteiger partial charge in [0.15, 0.2) is 0 Å². The molecule has 0 aromatic rings. The molecule has 0 spiro atoms. The molecule has 2 N–H and O–H groups in total. The Morgan fingerprint density at radius 1 is 0.750 bits per heavy atom. The van der Waals surface area contributed by atoms with Gasteiger partial charge >= 0.3 is 0 Å². The summed E-state index contributed by atoms with van der Waals surface area (Å²) >= 11 is 0. The third-order valence-corrected chi connectivity index (χ3v) is 4.35. The smallest absolute Gasteiger partial charge is 0.0493 e. The monoisotopic (exact) mass is 170 g/mol. The fourth-order valence-electron chi connectivity index (χ4n) is 2.92. The second-order valence-corrected chi connectivity index (χ2v) is 4.58. The van der Waals surface area contributed by atoms with E-state index in [1.165, 1.54) is 12.8 Å². The lowest BCUT2D eigenvalue weighted by Crippen LogP contribution is -2.55. The Bertz CT molecular complexity index is 138. The molecule has 0 saturated heterocycles. The largest absolute Gasteiger partial charge is 0.396 e. The molecule has 0 unspecified atom stereocenters. The SMILES string of the molecule is OCC1(C2(CO)CCC2)CCC1. The van der Waals surface area contributed by atoms with E-state index in [0.29, 0.717) is 0 Å². The number of hydrogen-bond acceptors (Lipinski definition) is 2. The van der Waals surface area contributed by atoms with Gasteiger partial charge in [0.25, 0.3) is 0 Å². The van der Waals surface area contributed by atoms with Crippen molar-refractivity contribution in [2.75, 3.05) is 13.2 Å². The first-order valence-corrected chi connectivity index (χ1v) is 5.00. The maximum atomic E-state index is 9.36. The highest BCUT2D eigenvalue weighted by Gasteiger charge is 2.56. The van der Waals surface area contributed by atoms with Crippen LogP contribution in [0, 0.1) is 10.8 Å². The molecule has 0 bridgehead atoms. The van der Waals surface area contributed by atoms with Crippen LogP contribution in [0.1, 0.15) is 38.5 Å². The fraction of sp³-hybridized carbons (Fsp3) is 1.00. The average molecular weight is 170 g/mol. The Morgan fingerprint density at radius 2 is 1.08 bits per heavy atom. The Balaban J connectivity index is 2.13. The van der Waals surface area contributed by atoms with Crippen LogP contribution in [0.2, 0.25) is 0 Å². The standard InChI is InChI=1S/C10H18O2/c11-7-9(3-1-4-9)10(8-12)5-2-6-10/h11-12H,1-8H2. The minimum absolute atomic E-state index is 0.111. The lowest BCUT2D eigenvalue weighted by Gasteiger charge is -2.59. The fourth-order valence-corrected chi connectivity index (χ4v) is 2.92. The molecule has 2 fully saturated rings. The van der Waals surface area contributed by atoms with Crippen LogP contribution in [-0.4, -0.2) is 23.4 Å².